The molecule has 0 aliphatic heterocycles. The van der Waals surface area contributed by atoms with Gasteiger partial charge in [0.2, 0.25) is 10.0 Å². The molecule has 0 radical (unpaired) electrons. The molecule has 0 bridgehead atoms. The van der Waals surface area contributed by atoms with Crippen molar-refractivity contribution >= 4 is 21.8 Å². The monoisotopic (exact) mass is 253 g/mol. The molecule has 4 nitrogen and oxygen atoms in total. The van der Waals surface area contributed by atoms with E-state index < -0.39 is 10.0 Å². The van der Waals surface area contributed by atoms with Crippen molar-refractivity contribution in [2.75, 3.05) is 25.2 Å². The third-order valence-corrected chi connectivity index (χ3v) is 5.71. The Morgan fingerprint density at radius 1 is 1.47 bits per heavy atom. The Balaban J connectivity index is 2.35. The van der Waals surface area contributed by atoms with E-state index in [1.807, 2.05) is 6.26 Å². The van der Waals surface area contributed by atoms with Crippen molar-refractivity contribution < 1.29 is 13.5 Å². The highest BCUT2D eigenvalue weighted by Gasteiger charge is 2.36. The van der Waals surface area contributed by atoms with Gasteiger partial charge in [0.05, 0.1) is 5.75 Å². The van der Waals surface area contributed by atoms with Gasteiger partial charge in [-0.05, 0) is 25.5 Å². The molecule has 0 aromatic rings. The zero-order valence-electron chi connectivity index (χ0n) is 9.03. The van der Waals surface area contributed by atoms with Gasteiger partial charge in [-0.2, -0.15) is 11.8 Å². The molecule has 2 N–H and O–H groups in total. The lowest BCUT2D eigenvalue weighted by Crippen LogP contribution is -2.45. The van der Waals surface area contributed by atoms with E-state index in [2.05, 4.69) is 4.72 Å². The standard InChI is InChI=1S/C9H19NO3S2/c1-14-9(4-2-5-9)8-10-15(12,13)7-3-6-11/h10-11H,2-8H2,1H3. The van der Waals surface area contributed by atoms with Crippen LogP contribution in [0.4, 0.5) is 0 Å². The first kappa shape index (κ1) is 13.3. The number of nitrogens with one attached hydrogen (secondary N) is 1. The second kappa shape index (κ2) is 5.52. The van der Waals surface area contributed by atoms with Crippen LogP contribution in [0.5, 0.6) is 0 Å². The minimum atomic E-state index is -3.19. The maximum absolute atomic E-state index is 11.5. The summed E-state index contributed by atoms with van der Waals surface area (Å²) in [4.78, 5) is 0. The van der Waals surface area contributed by atoms with Crippen LogP contribution >= 0.6 is 11.8 Å². The summed E-state index contributed by atoms with van der Waals surface area (Å²) < 4.78 is 25.7. The van der Waals surface area contributed by atoms with Crippen molar-refractivity contribution in [3.63, 3.8) is 0 Å². The normalized spacial score (nSPS) is 19.9. The second-order valence-corrected chi connectivity index (χ2v) is 7.16. The third-order valence-electron chi connectivity index (χ3n) is 2.88. The van der Waals surface area contributed by atoms with Gasteiger partial charge in [-0.1, -0.05) is 6.42 Å². The fourth-order valence-electron chi connectivity index (χ4n) is 1.59. The fourth-order valence-corrected chi connectivity index (χ4v) is 3.75. The molecule has 0 heterocycles. The number of hydrogen-bond acceptors (Lipinski definition) is 4. The molecule has 1 saturated carbocycles. The number of thioether (sulfide) groups is 1. The van der Waals surface area contributed by atoms with Crippen molar-refractivity contribution in [1.82, 2.24) is 4.72 Å². The van der Waals surface area contributed by atoms with Crippen LogP contribution in [0.25, 0.3) is 0 Å². The lowest BCUT2D eigenvalue weighted by atomic mass is 9.84. The van der Waals surface area contributed by atoms with E-state index in [-0.39, 0.29) is 17.1 Å². The van der Waals surface area contributed by atoms with Crippen LogP contribution in [-0.4, -0.2) is 43.4 Å². The minimum absolute atomic E-state index is 0.0218. The Morgan fingerprint density at radius 2 is 2.13 bits per heavy atom. The molecule has 0 amide bonds. The lowest BCUT2D eigenvalue weighted by Gasteiger charge is -2.40. The van der Waals surface area contributed by atoms with Gasteiger partial charge in [0.25, 0.3) is 0 Å². The van der Waals surface area contributed by atoms with E-state index in [0.29, 0.717) is 13.0 Å². The average Bonchev–Trinajstić information content (AvgIpc) is 2.14. The molecule has 6 heteroatoms. The summed E-state index contributed by atoms with van der Waals surface area (Å²) in [5.74, 6) is 0.0218. The summed E-state index contributed by atoms with van der Waals surface area (Å²) in [7, 11) is -3.19. The molecular formula is C9H19NO3S2. The first-order valence-electron chi connectivity index (χ1n) is 5.17. The molecule has 0 aromatic heterocycles. The van der Waals surface area contributed by atoms with Crippen molar-refractivity contribution in [1.29, 1.82) is 0 Å². The van der Waals surface area contributed by atoms with Gasteiger partial charge in [0, 0.05) is 17.9 Å². The van der Waals surface area contributed by atoms with E-state index in [9.17, 15) is 8.42 Å². The van der Waals surface area contributed by atoms with Crippen LogP contribution in [0, 0.1) is 0 Å². The van der Waals surface area contributed by atoms with Crippen molar-refractivity contribution in [3.05, 3.63) is 0 Å². The predicted octanol–water partition coefficient (Wildman–Crippen LogP) is 0.574. The zero-order valence-corrected chi connectivity index (χ0v) is 10.7. The van der Waals surface area contributed by atoms with E-state index in [4.69, 9.17) is 5.11 Å². The van der Waals surface area contributed by atoms with Crippen LogP contribution in [0.1, 0.15) is 25.7 Å². The van der Waals surface area contributed by atoms with Crippen LogP contribution in [0.2, 0.25) is 0 Å². The molecule has 0 atom stereocenters. The minimum Gasteiger partial charge on any atom is -0.396 e. The summed E-state index contributed by atoms with van der Waals surface area (Å²) in [6.07, 6.45) is 5.72. The summed E-state index contributed by atoms with van der Waals surface area (Å²) in [6, 6.07) is 0. The van der Waals surface area contributed by atoms with Gasteiger partial charge in [-0.25, -0.2) is 13.1 Å². The van der Waals surface area contributed by atoms with Gasteiger partial charge < -0.3 is 5.11 Å². The second-order valence-electron chi connectivity index (χ2n) is 3.96. The van der Waals surface area contributed by atoms with Gasteiger partial charge in [0.1, 0.15) is 0 Å². The highest BCUT2D eigenvalue weighted by molar-refractivity contribution is 8.00. The molecule has 0 saturated heterocycles. The Labute approximate surface area is 95.9 Å². The van der Waals surface area contributed by atoms with Crippen molar-refractivity contribution in [3.8, 4) is 0 Å². The van der Waals surface area contributed by atoms with E-state index in [1.54, 1.807) is 11.8 Å². The van der Waals surface area contributed by atoms with Crippen molar-refractivity contribution in [2.45, 2.75) is 30.4 Å². The summed E-state index contributed by atoms with van der Waals surface area (Å²) in [5.41, 5.74) is 0. The molecule has 1 aliphatic carbocycles. The van der Waals surface area contributed by atoms with Gasteiger partial charge >= 0.3 is 0 Å². The quantitative estimate of drug-likeness (QED) is 0.696. The number of aliphatic hydroxyl groups is 1. The molecule has 1 rings (SSSR count). The van der Waals surface area contributed by atoms with Crippen LogP contribution in [-0.2, 0) is 10.0 Å². The average molecular weight is 253 g/mol. The molecule has 0 aromatic carbocycles. The predicted molar refractivity (Wildman–Crippen MR) is 63.6 cm³/mol. The Hall–Kier alpha value is 0.220. The number of sulfonamides is 1. The topological polar surface area (TPSA) is 66.4 Å². The molecule has 0 spiro atoms. The van der Waals surface area contributed by atoms with Gasteiger partial charge in [-0.3, -0.25) is 0 Å². The maximum atomic E-state index is 11.5. The molecule has 90 valence electrons. The van der Waals surface area contributed by atoms with Crippen LogP contribution in [0.15, 0.2) is 0 Å². The molecular weight excluding hydrogens is 234 g/mol. The maximum Gasteiger partial charge on any atom is 0.211 e. The van der Waals surface area contributed by atoms with Crippen molar-refractivity contribution in [2.24, 2.45) is 0 Å². The Kier molecular flexibility index (Phi) is 4.89. The van der Waals surface area contributed by atoms with Gasteiger partial charge in [0.15, 0.2) is 0 Å². The van der Waals surface area contributed by atoms with Crippen LogP contribution in [0.3, 0.4) is 0 Å². The third kappa shape index (κ3) is 3.94. The summed E-state index contributed by atoms with van der Waals surface area (Å²) in [6.45, 7) is 0.455. The summed E-state index contributed by atoms with van der Waals surface area (Å²) in [5, 5.41) is 8.56. The van der Waals surface area contributed by atoms with Crippen LogP contribution < -0.4 is 4.72 Å². The Bertz CT molecular complexity index is 280. The molecule has 1 fully saturated rings. The highest BCUT2D eigenvalue weighted by Crippen LogP contribution is 2.42. The Morgan fingerprint density at radius 3 is 2.53 bits per heavy atom. The van der Waals surface area contributed by atoms with Gasteiger partial charge in [-0.15, -0.1) is 0 Å². The largest absolute Gasteiger partial charge is 0.396 e. The smallest absolute Gasteiger partial charge is 0.211 e. The summed E-state index contributed by atoms with van der Waals surface area (Å²) >= 11 is 1.75. The molecule has 0 unspecified atom stereocenters. The number of rotatable bonds is 7. The molecule has 1 aliphatic rings. The van der Waals surface area contributed by atoms with E-state index in [0.717, 1.165) is 12.8 Å². The highest BCUT2D eigenvalue weighted by atomic mass is 32.2. The SMILES string of the molecule is CSC1(CNS(=O)(=O)CCCO)CCC1. The number of hydrogen-bond donors (Lipinski definition) is 2. The molecule has 15 heavy (non-hydrogen) atoms. The lowest BCUT2D eigenvalue weighted by molar-refractivity contribution is 0.295. The first-order valence-corrected chi connectivity index (χ1v) is 8.05. The van der Waals surface area contributed by atoms with E-state index >= 15 is 0 Å². The fraction of sp³-hybridized carbons (Fsp3) is 1.00. The van der Waals surface area contributed by atoms with E-state index in [1.165, 1.54) is 6.42 Å². The first-order chi connectivity index (χ1) is 7.04. The number of aliphatic hydroxyl groups excluding tert-OH is 1. The zero-order chi connectivity index (χ0) is 11.4.